The van der Waals surface area contributed by atoms with E-state index in [9.17, 15) is 19.2 Å². The van der Waals surface area contributed by atoms with Crippen LogP contribution in [0.1, 0.15) is 5.56 Å². The minimum Gasteiger partial charge on any atom is -0.311 e. The summed E-state index contributed by atoms with van der Waals surface area (Å²) in [7, 11) is 0. The van der Waals surface area contributed by atoms with Crippen LogP contribution >= 0.6 is 11.8 Å². The number of thioether (sulfide) groups is 1. The highest BCUT2D eigenvalue weighted by Crippen LogP contribution is 2.16. The number of nitrogens with zero attached hydrogens (tertiary/aromatic N) is 2. The van der Waals surface area contributed by atoms with Gasteiger partial charge >= 0.3 is 5.69 Å². The van der Waals surface area contributed by atoms with E-state index in [4.69, 9.17) is 0 Å². The molecule has 2 aromatic carbocycles. The Kier molecular flexibility index (Phi) is 5.54. The lowest BCUT2D eigenvalue weighted by atomic mass is 10.2. The van der Waals surface area contributed by atoms with Crippen LogP contribution < -0.4 is 22.1 Å². The maximum Gasteiger partial charge on any atom is 0.334 e. The third-order valence-corrected chi connectivity index (χ3v) is 5.31. The van der Waals surface area contributed by atoms with E-state index in [0.717, 1.165) is 23.4 Å². The summed E-state index contributed by atoms with van der Waals surface area (Å²) in [4.78, 5) is 58.0. The van der Waals surface area contributed by atoms with Crippen molar-refractivity contribution in [3.8, 4) is 5.69 Å². The van der Waals surface area contributed by atoms with Crippen molar-refractivity contribution in [2.24, 2.45) is 0 Å². The molecule has 4 aromatic rings. The van der Waals surface area contributed by atoms with Gasteiger partial charge in [0.1, 0.15) is 5.82 Å². The quantitative estimate of drug-likeness (QED) is 0.324. The van der Waals surface area contributed by atoms with Gasteiger partial charge < -0.3 is 10.3 Å². The van der Waals surface area contributed by atoms with Crippen LogP contribution in [0.25, 0.3) is 16.6 Å². The predicted octanol–water partition coefficient (Wildman–Crippen LogP) is 1.80. The summed E-state index contributed by atoms with van der Waals surface area (Å²) in [6.45, 7) is 1.91. The molecule has 0 radical (unpaired) electrons. The number of hydrogen-bond acceptors (Lipinski definition) is 6. The van der Waals surface area contributed by atoms with Crippen LogP contribution in [0, 0.1) is 6.92 Å². The standard InChI is InChI=1S/C21H17N5O4S/c1-12-6-8-13(9-7-12)26-16(10-17(27)24-21(26)30)23-18(28)11-31-20-22-15-5-3-2-4-14(15)19(29)25-20/h2-10H,11H2,1H3,(H,23,28)(H,22,25,29)(H,24,27,30). The minimum atomic E-state index is -0.667. The average molecular weight is 435 g/mol. The molecule has 31 heavy (non-hydrogen) atoms. The fourth-order valence-electron chi connectivity index (χ4n) is 2.98. The van der Waals surface area contributed by atoms with Gasteiger partial charge in [-0.15, -0.1) is 0 Å². The summed E-state index contributed by atoms with van der Waals surface area (Å²) in [6, 6.07) is 15.1. The molecule has 3 N–H and O–H groups in total. The molecule has 0 bridgehead atoms. The first kappa shape index (κ1) is 20.4. The average Bonchev–Trinajstić information content (AvgIpc) is 2.73. The number of carbonyl (C=O) groups excluding carboxylic acids is 1. The number of hydrogen-bond donors (Lipinski definition) is 3. The molecule has 0 spiro atoms. The number of para-hydroxylation sites is 1. The Balaban J connectivity index is 1.56. The molecule has 4 rings (SSSR count). The van der Waals surface area contributed by atoms with Gasteiger partial charge in [0.25, 0.3) is 11.1 Å². The molecule has 2 aromatic heterocycles. The summed E-state index contributed by atoms with van der Waals surface area (Å²) in [5, 5.41) is 3.34. The van der Waals surface area contributed by atoms with Gasteiger partial charge in [0, 0.05) is 6.07 Å². The molecule has 156 valence electrons. The number of aromatic nitrogens is 4. The molecule has 0 saturated carbocycles. The maximum absolute atomic E-state index is 12.5. The predicted molar refractivity (Wildman–Crippen MR) is 119 cm³/mol. The lowest BCUT2D eigenvalue weighted by molar-refractivity contribution is -0.113. The fourth-order valence-corrected chi connectivity index (χ4v) is 3.65. The van der Waals surface area contributed by atoms with Gasteiger partial charge in [0.05, 0.1) is 22.3 Å². The number of anilines is 1. The van der Waals surface area contributed by atoms with Crippen molar-refractivity contribution in [3.05, 3.63) is 91.4 Å². The number of nitrogens with one attached hydrogen (secondary N) is 3. The molecule has 0 unspecified atom stereocenters. The van der Waals surface area contributed by atoms with Crippen LogP contribution in [0.15, 0.2) is 74.1 Å². The SMILES string of the molecule is Cc1ccc(-n2c(NC(=O)CSc3nc4ccccc4c(=O)[nH]3)cc(=O)[nH]c2=O)cc1. The normalized spacial score (nSPS) is 10.9. The summed E-state index contributed by atoms with van der Waals surface area (Å²) in [5.74, 6) is -0.509. The van der Waals surface area contributed by atoms with Gasteiger partial charge in [-0.25, -0.2) is 14.3 Å². The molecule has 0 aliphatic carbocycles. The van der Waals surface area contributed by atoms with Crippen molar-refractivity contribution in [2.75, 3.05) is 11.1 Å². The van der Waals surface area contributed by atoms with Crippen molar-refractivity contribution >= 4 is 34.4 Å². The van der Waals surface area contributed by atoms with Gasteiger partial charge in [0.2, 0.25) is 5.91 Å². The third kappa shape index (κ3) is 4.48. The van der Waals surface area contributed by atoms with Crippen LogP contribution in [0.4, 0.5) is 5.82 Å². The topological polar surface area (TPSA) is 130 Å². The second-order valence-corrected chi connectivity index (χ2v) is 7.68. The van der Waals surface area contributed by atoms with E-state index >= 15 is 0 Å². The van der Waals surface area contributed by atoms with Gasteiger partial charge in [0.15, 0.2) is 5.16 Å². The lowest BCUT2D eigenvalue weighted by Gasteiger charge is -2.13. The largest absolute Gasteiger partial charge is 0.334 e. The smallest absolute Gasteiger partial charge is 0.311 e. The molecule has 10 heteroatoms. The third-order valence-electron chi connectivity index (χ3n) is 4.43. The molecule has 9 nitrogen and oxygen atoms in total. The molecular formula is C21H17N5O4S. The van der Waals surface area contributed by atoms with E-state index in [2.05, 4.69) is 20.3 Å². The van der Waals surface area contributed by atoms with Crippen LogP contribution in [0.2, 0.25) is 0 Å². The number of benzene rings is 2. The number of fused-ring (bicyclic) bond motifs is 1. The molecular weight excluding hydrogens is 418 g/mol. The van der Waals surface area contributed by atoms with Gasteiger partial charge in [-0.1, -0.05) is 41.6 Å². The van der Waals surface area contributed by atoms with Gasteiger partial charge in [-0.05, 0) is 31.2 Å². The molecule has 0 saturated heterocycles. The zero-order chi connectivity index (χ0) is 22.0. The van der Waals surface area contributed by atoms with Crippen LogP contribution in [-0.2, 0) is 4.79 Å². The zero-order valence-corrected chi connectivity index (χ0v) is 17.2. The Morgan fingerprint density at radius 1 is 1.06 bits per heavy atom. The van der Waals surface area contributed by atoms with Crippen molar-refractivity contribution in [1.29, 1.82) is 0 Å². The number of rotatable bonds is 5. The maximum atomic E-state index is 12.5. The van der Waals surface area contributed by atoms with E-state index in [1.165, 1.54) is 4.57 Å². The highest BCUT2D eigenvalue weighted by atomic mass is 32.2. The zero-order valence-electron chi connectivity index (χ0n) is 16.3. The summed E-state index contributed by atoms with van der Waals surface area (Å²) in [6.07, 6.45) is 0. The molecule has 0 atom stereocenters. The number of amides is 1. The van der Waals surface area contributed by atoms with E-state index in [-0.39, 0.29) is 17.1 Å². The van der Waals surface area contributed by atoms with Crippen molar-refractivity contribution < 1.29 is 4.79 Å². The molecule has 0 aliphatic rings. The number of aromatic amines is 2. The number of aryl methyl sites for hydroxylation is 1. The second-order valence-electron chi connectivity index (χ2n) is 6.72. The Hall–Kier alpha value is -3.92. The second kappa shape index (κ2) is 8.44. The highest BCUT2D eigenvalue weighted by molar-refractivity contribution is 7.99. The molecule has 0 fully saturated rings. The van der Waals surface area contributed by atoms with E-state index in [1.807, 2.05) is 19.1 Å². The molecule has 1 amide bonds. The molecule has 2 heterocycles. The first-order chi connectivity index (χ1) is 14.9. The van der Waals surface area contributed by atoms with Crippen LogP contribution in [0.5, 0.6) is 0 Å². The van der Waals surface area contributed by atoms with Crippen LogP contribution in [-0.4, -0.2) is 31.2 Å². The van der Waals surface area contributed by atoms with Gasteiger partial charge in [-0.3, -0.25) is 19.4 Å². The summed E-state index contributed by atoms with van der Waals surface area (Å²) < 4.78 is 1.21. The van der Waals surface area contributed by atoms with E-state index in [0.29, 0.717) is 21.7 Å². The Morgan fingerprint density at radius 2 is 1.81 bits per heavy atom. The first-order valence-electron chi connectivity index (χ1n) is 9.26. The van der Waals surface area contributed by atoms with Crippen molar-refractivity contribution in [3.63, 3.8) is 0 Å². The van der Waals surface area contributed by atoms with Crippen molar-refractivity contribution in [2.45, 2.75) is 12.1 Å². The lowest BCUT2D eigenvalue weighted by Crippen LogP contribution is -2.32. The van der Waals surface area contributed by atoms with E-state index < -0.39 is 17.2 Å². The first-order valence-corrected chi connectivity index (χ1v) is 10.2. The van der Waals surface area contributed by atoms with Crippen LogP contribution in [0.3, 0.4) is 0 Å². The summed E-state index contributed by atoms with van der Waals surface area (Å²) >= 11 is 1.04. The minimum absolute atomic E-state index is 0.0446. The Bertz CT molecular complexity index is 1450. The number of H-pyrrole nitrogens is 2. The monoisotopic (exact) mass is 435 g/mol. The fraction of sp³-hybridized carbons (Fsp3) is 0.0952. The Labute approximate surface area is 179 Å². The van der Waals surface area contributed by atoms with Crippen molar-refractivity contribution in [1.82, 2.24) is 19.5 Å². The number of carbonyl (C=O) groups is 1. The van der Waals surface area contributed by atoms with Gasteiger partial charge in [-0.2, -0.15) is 0 Å². The highest BCUT2D eigenvalue weighted by Gasteiger charge is 2.13. The Morgan fingerprint density at radius 3 is 2.58 bits per heavy atom. The molecule has 0 aliphatic heterocycles. The van der Waals surface area contributed by atoms with E-state index in [1.54, 1.807) is 36.4 Å². The summed E-state index contributed by atoms with van der Waals surface area (Å²) in [5.41, 5.74) is 0.431.